The minimum Gasteiger partial charge on any atom is -0.385 e. The minimum atomic E-state index is -0.259. The summed E-state index contributed by atoms with van der Waals surface area (Å²) in [7, 11) is 1.62. The minimum absolute atomic E-state index is 0.259. The number of carbonyl (C=O) groups is 1. The van der Waals surface area contributed by atoms with Gasteiger partial charge in [-0.1, -0.05) is 0 Å². The first-order valence-corrected chi connectivity index (χ1v) is 5.30. The Morgan fingerprint density at radius 3 is 2.71 bits per heavy atom. The van der Waals surface area contributed by atoms with Gasteiger partial charge in [0.05, 0.1) is 11.6 Å². The molecule has 5 nitrogen and oxygen atoms in total. The van der Waals surface area contributed by atoms with Crippen LogP contribution in [-0.4, -0.2) is 26.3 Å². The second kappa shape index (κ2) is 7.25. The van der Waals surface area contributed by atoms with E-state index < -0.39 is 0 Å². The molecule has 0 aliphatic carbocycles. The largest absolute Gasteiger partial charge is 0.385 e. The summed E-state index contributed by atoms with van der Waals surface area (Å²) >= 11 is 0. The molecular weight excluding hydrogens is 218 g/mol. The lowest BCUT2D eigenvalue weighted by atomic mass is 10.2. The van der Waals surface area contributed by atoms with Crippen molar-refractivity contribution in [1.29, 1.82) is 5.26 Å². The number of nitrogens with one attached hydrogen (secondary N) is 2. The number of benzene rings is 1. The van der Waals surface area contributed by atoms with Crippen molar-refractivity contribution in [3.63, 3.8) is 0 Å². The molecule has 2 N–H and O–H groups in total. The van der Waals surface area contributed by atoms with Crippen LogP contribution in [0.4, 0.5) is 10.5 Å². The summed E-state index contributed by atoms with van der Waals surface area (Å²) in [5.41, 5.74) is 1.23. The molecule has 0 radical (unpaired) electrons. The van der Waals surface area contributed by atoms with E-state index in [4.69, 9.17) is 10.00 Å². The molecule has 0 atom stereocenters. The highest BCUT2D eigenvalue weighted by molar-refractivity contribution is 5.89. The molecule has 1 aromatic carbocycles. The zero-order chi connectivity index (χ0) is 12.5. The lowest BCUT2D eigenvalue weighted by Gasteiger charge is -2.07. The molecule has 1 rings (SSSR count). The molecule has 17 heavy (non-hydrogen) atoms. The van der Waals surface area contributed by atoms with Crippen molar-refractivity contribution in [1.82, 2.24) is 5.32 Å². The summed E-state index contributed by atoms with van der Waals surface area (Å²) in [5.74, 6) is 0. The Morgan fingerprint density at radius 2 is 2.12 bits per heavy atom. The van der Waals surface area contributed by atoms with Gasteiger partial charge in [0, 0.05) is 25.9 Å². The zero-order valence-corrected chi connectivity index (χ0v) is 9.69. The third kappa shape index (κ3) is 5.00. The third-order valence-electron chi connectivity index (χ3n) is 2.08. The van der Waals surface area contributed by atoms with Crippen molar-refractivity contribution in [2.24, 2.45) is 0 Å². The van der Waals surface area contributed by atoms with E-state index in [-0.39, 0.29) is 6.03 Å². The van der Waals surface area contributed by atoms with E-state index in [0.29, 0.717) is 24.4 Å². The van der Waals surface area contributed by atoms with Gasteiger partial charge in [0.25, 0.3) is 0 Å². The Labute approximate surface area is 100 Å². The molecule has 0 spiro atoms. The van der Waals surface area contributed by atoms with Crippen LogP contribution < -0.4 is 10.6 Å². The molecule has 0 fully saturated rings. The molecule has 0 heterocycles. The molecule has 0 aromatic heterocycles. The number of methoxy groups -OCH3 is 1. The van der Waals surface area contributed by atoms with Crippen molar-refractivity contribution in [2.45, 2.75) is 6.42 Å². The van der Waals surface area contributed by atoms with Gasteiger partial charge in [-0.15, -0.1) is 0 Å². The lowest BCUT2D eigenvalue weighted by Crippen LogP contribution is -2.29. The number of hydrogen-bond donors (Lipinski definition) is 2. The summed E-state index contributed by atoms with van der Waals surface area (Å²) < 4.78 is 4.87. The molecule has 0 aliphatic rings. The first kappa shape index (κ1) is 13.0. The van der Waals surface area contributed by atoms with Crippen LogP contribution in [0.1, 0.15) is 12.0 Å². The van der Waals surface area contributed by atoms with Crippen molar-refractivity contribution < 1.29 is 9.53 Å². The summed E-state index contributed by atoms with van der Waals surface area (Å²) in [6.07, 6.45) is 0.775. The highest BCUT2D eigenvalue weighted by Gasteiger charge is 2.00. The van der Waals surface area contributed by atoms with E-state index >= 15 is 0 Å². The first-order valence-electron chi connectivity index (χ1n) is 5.30. The van der Waals surface area contributed by atoms with Crippen molar-refractivity contribution in [3.05, 3.63) is 29.8 Å². The van der Waals surface area contributed by atoms with Crippen LogP contribution >= 0.6 is 0 Å². The van der Waals surface area contributed by atoms with Crippen molar-refractivity contribution in [3.8, 4) is 6.07 Å². The molecule has 90 valence electrons. The predicted molar refractivity (Wildman–Crippen MR) is 64.7 cm³/mol. The highest BCUT2D eigenvalue weighted by Crippen LogP contribution is 2.08. The highest BCUT2D eigenvalue weighted by atomic mass is 16.5. The molecule has 0 unspecified atom stereocenters. The number of ether oxygens (including phenoxy) is 1. The summed E-state index contributed by atoms with van der Waals surface area (Å²) in [6, 6.07) is 8.44. The van der Waals surface area contributed by atoms with E-state index in [2.05, 4.69) is 10.6 Å². The number of nitrogens with zero attached hydrogens (tertiary/aromatic N) is 1. The van der Waals surface area contributed by atoms with Gasteiger partial charge in [-0.3, -0.25) is 0 Å². The van der Waals surface area contributed by atoms with Gasteiger partial charge in [0.15, 0.2) is 0 Å². The molecule has 1 aromatic rings. The van der Waals surface area contributed by atoms with Gasteiger partial charge in [-0.05, 0) is 30.7 Å². The fourth-order valence-electron chi connectivity index (χ4n) is 1.22. The van der Waals surface area contributed by atoms with Crippen LogP contribution in [0.2, 0.25) is 0 Å². The van der Waals surface area contributed by atoms with Gasteiger partial charge < -0.3 is 15.4 Å². The van der Waals surface area contributed by atoms with Gasteiger partial charge in [-0.2, -0.15) is 5.26 Å². The van der Waals surface area contributed by atoms with Gasteiger partial charge >= 0.3 is 6.03 Å². The zero-order valence-electron chi connectivity index (χ0n) is 9.69. The van der Waals surface area contributed by atoms with Gasteiger partial charge in [0.1, 0.15) is 0 Å². The first-order chi connectivity index (χ1) is 8.26. The van der Waals surface area contributed by atoms with Crippen LogP contribution in [0.25, 0.3) is 0 Å². The normalized spacial score (nSPS) is 9.41. The molecular formula is C12H15N3O2. The number of rotatable bonds is 5. The maximum Gasteiger partial charge on any atom is 0.319 e. The number of urea groups is 1. The molecule has 0 saturated carbocycles. The van der Waals surface area contributed by atoms with Crippen LogP contribution in [0.5, 0.6) is 0 Å². The fraction of sp³-hybridized carbons (Fsp3) is 0.333. The smallest absolute Gasteiger partial charge is 0.319 e. The number of carbonyl (C=O) groups excluding carboxylic acids is 1. The average molecular weight is 233 g/mol. The second-order valence-electron chi connectivity index (χ2n) is 3.42. The monoisotopic (exact) mass is 233 g/mol. The summed E-state index contributed by atoms with van der Waals surface area (Å²) in [4.78, 5) is 11.4. The second-order valence-corrected chi connectivity index (χ2v) is 3.42. The van der Waals surface area contributed by atoms with Crippen LogP contribution in [0.3, 0.4) is 0 Å². The maximum atomic E-state index is 11.4. The van der Waals surface area contributed by atoms with E-state index in [1.807, 2.05) is 6.07 Å². The molecule has 2 amide bonds. The van der Waals surface area contributed by atoms with Gasteiger partial charge in [0.2, 0.25) is 0 Å². The standard InChI is InChI=1S/C12H15N3O2/c1-17-8-2-7-14-12(16)15-11-5-3-10(9-13)4-6-11/h3-6H,2,7-8H2,1H3,(H2,14,15,16). The molecule has 0 saturated heterocycles. The average Bonchev–Trinajstić information content (AvgIpc) is 2.36. The van der Waals surface area contributed by atoms with Crippen molar-refractivity contribution in [2.75, 3.05) is 25.6 Å². The fourth-order valence-corrected chi connectivity index (χ4v) is 1.22. The Hall–Kier alpha value is -2.06. The summed E-state index contributed by atoms with van der Waals surface area (Å²) in [6.45, 7) is 1.19. The Kier molecular flexibility index (Phi) is 5.55. The quantitative estimate of drug-likeness (QED) is 0.760. The topological polar surface area (TPSA) is 74.2 Å². The number of nitriles is 1. The molecule has 0 aliphatic heterocycles. The Morgan fingerprint density at radius 1 is 1.41 bits per heavy atom. The van der Waals surface area contributed by atoms with Crippen LogP contribution in [0, 0.1) is 11.3 Å². The number of hydrogen-bond acceptors (Lipinski definition) is 3. The summed E-state index contributed by atoms with van der Waals surface area (Å²) in [5, 5.41) is 14.0. The lowest BCUT2D eigenvalue weighted by molar-refractivity contribution is 0.194. The van der Waals surface area contributed by atoms with E-state index in [9.17, 15) is 4.79 Å². The third-order valence-corrected chi connectivity index (χ3v) is 2.08. The van der Waals surface area contributed by atoms with E-state index in [1.54, 1.807) is 31.4 Å². The number of anilines is 1. The van der Waals surface area contributed by atoms with Crippen molar-refractivity contribution >= 4 is 11.7 Å². The van der Waals surface area contributed by atoms with Gasteiger partial charge in [-0.25, -0.2) is 4.79 Å². The Balaban J connectivity index is 2.32. The van der Waals surface area contributed by atoms with E-state index in [0.717, 1.165) is 6.42 Å². The van der Waals surface area contributed by atoms with E-state index in [1.165, 1.54) is 0 Å². The predicted octanol–water partition coefficient (Wildman–Crippen LogP) is 1.72. The van der Waals surface area contributed by atoms with Crippen LogP contribution in [-0.2, 0) is 4.74 Å². The SMILES string of the molecule is COCCCNC(=O)Nc1ccc(C#N)cc1. The van der Waals surface area contributed by atoms with Crippen LogP contribution in [0.15, 0.2) is 24.3 Å². The molecule has 0 bridgehead atoms. The number of amides is 2. The molecule has 5 heteroatoms. The Bertz CT molecular complexity index is 395. The maximum absolute atomic E-state index is 11.4.